The van der Waals surface area contributed by atoms with Crippen LogP contribution in [0.1, 0.15) is 29.7 Å². The van der Waals surface area contributed by atoms with E-state index in [4.69, 9.17) is 16.3 Å². The van der Waals surface area contributed by atoms with E-state index in [0.717, 1.165) is 40.4 Å². The molecule has 2 aromatic rings. The molecule has 3 rings (SSSR count). The van der Waals surface area contributed by atoms with Crippen molar-refractivity contribution in [2.24, 2.45) is 0 Å². The van der Waals surface area contributed by atoms with Crippen molar-refractivity contribution >= 4 is 27.5 Å². The molecule has 21 heavy (non-hydrogen) atoms. The summed E-state index contributed by atoms with van der Waals surface area (Å²) in [7, 11) is 0. The Morgan fingerprint density at radius 3 is 2.86 bits per heavy atom. The molecule has 0 radical (unpaired) electrons. The van der Waals surface area contributed by atoms with Crippen LogP contribution in [0, 0.1) is 0 Å². The number of hydrogen-bond donors (Lipinski definition) is 1. The van der Waals surface area contributed by atoms with Crippen LogP contribution in [0.15, 0.2) is 40.9 Å². The maximum absolute atomic E-state index is 6.30. The summed E-state index contributed by atoms with van der Waals surface area (Å²) in [6.45, 7) is 3.71. The van der Waals surface area contributed by atoms with E-state index < -0.39 is 0 Å². The highest BCUT2D eigenvalue weighted by Crippen LogP contribution is 2.40. The van der Waals surface area contributed by atoms with Crippen molar-refractivity contribution in [3.05, 3.63) is 62.6 Å². The van der Waals surface area contributed by atoms with Crippen LogP contribution in [0.3, 0.4) is 0 Å². The van der Waals surface area contributed by atoms with Crippen molar-refractivity contribution in [3.63, 3.8) is 0 Å². The highest BCUT2D eigenvalue weighted by Gasteiger charge is 2.25. The van der Waals surface area contributed by atoms with Crippen molar-refractivity contribution in [3.8, 4) is 5.75 Å². The summed E-state index contributed by atoms with van der Waals surface area (Å²) in [6, 6.07) is 12.3. The zero-order valence-corrected chi connectivity index (χ0v) is 14.2. The number of rotatable bonds is 4. The lowest BCUT2D eigenvalue weighted by Gasteiger charge is -2.22. The van der Waals surface area contributed by atoms with E-state index in [-0.39, 0.29) is 6.04 Å². The number of fused-ring (bicyclic) bond motifs is 1. The maximum atomic E-state index is 6.30. The molecule has 0 saturated carbocycles. The maximum Gasteiger partial charge on any atom is 0.127 e. The van der Waals surface area contributed by atoms with Crippen LogP contribution in [0.4, 0.5) is 0 Å². The van der Waals surface area contributed by atoms with E-state index >= 15 is 0 Å². The molecule has 1 heterocycles. The SMILES string of the molecule is CCNC(c1ccccc1Br)c1cc(Cl)cc2c1OCC2. The molecule has 0 saturated heterocycles. The molecule has 1 aliphatic heterocycles. The Hall–Kier alpha value is -1.03. The van der Waals surface area contributed by atoms with Crippen LogP contribution in [0.5, 0.6) is 5.75 Å². The largest absolute Gasteiger partial charge is 0.493 e. The molecule has 1 aliphatic rings. The molecular formula is C17H17BrClNO. The van der Waals surface area contributed by atoms with Gasteiger partial charge in [-0.1, -0.05) is 52.7 Å². The van der Waals surface area contributed by atoms with Gasteiger partial charge in [-0.05, 0) is 35.9 Å². The van der Waals surface area contributed by atoms with Crippen LogP contribution < -0.4 is 10.1 Å². The number of nitrogens with one attached hydrogen (secondary N) is 1. The van der Waals surface area contributed by atoms with Gasteiger partial charge < -0.3 is 10.1 Å². The third-order valence-corrected chi connectivity index (χ3v) is 4.65. The van der Waals surface area contributed by atoms with Crippen molar-refractivity contribution in [1.82, 2.24) is 5.32 Å². The third-order valence-electron chi connectivity index (χ3n) is 3.71. The van der Waals surface area contributed by atoms with Gasteiger partial charge in [0.15, 0.2) is 0 Å². The Labute approximate surface area is 138 Å². The number of hydrogen-bond acceptors (Lipinski definition) is 2. The minimum absolute atomic E-state index is 0.0659. The van der Waals surface area contributed by atoms with E-state index in [1.807, 2.05) is 18.2 Å². The van der Waals surface area contributed by atoms with E-state index in [1.54, 1.807) is 0 Å². The summed E-state index contributed by atoms with van der Waals surface area (Å²) in [5.41, 5.74) is 3.51. The van der Waals surface area contributed by atoms with E-state index in [0.29, 0.717) is 0 Å². The van der Waals surface area contributed by atoms with Gasteiger partial charge >= 0.3 is 0 Å². The second-order valence-corrected chi connectivity index (χ2v) is 6.38. The van der Waals surface area contributed by atoms with Gasteiger partial charge in [0.05, 0.1) is 12.6 Å². The van der Waals surface area contributed by atoms with Crippen molar-refractivity contribution in [2.75, 3.05) is 13.2 Å². The number of halogens is 2. The Kier molecular flexibility index (Phi) is 4.53. The summed E-state index contributed by atoms with van der Waals surface area (Å²) in [5.74, 6) is 0.987. The summed E-state index contributed by atoms with van der Waals surface area (Å²) in [6.07, 6.45) is 0.928. The molecule has 0 spiro atoms. The Balaban J connectivity index is 2.13. The molecule has 0 bridgehead atoms. The van der Waals surface area contributed by atoms with Gasteiger partial charge in [-0.3, -0.25) is 0 Å². The van der Waals surface area contributed by atoms with Crippen LogP contribution in [-0.2, 0) is 6.42 Å². The lowest BCUT2D eigenvalue weighted by molar-refractivity contribution is 0.350. The highest BCUT2D eigenvalue weighted by molar-refractivity contribution is 9.10. The molecule has 110 valence electrons. The van der Waals surface area contributed by atoms with Gasteiger partial charge in [-0.2, -0.15) is 0 Å². The first-order valence-corrected chi connectivity index (χ1v) is 8.30. The highest BCUT2D eigenvalue weighted by atomic mass is 79.9. The van der Waals surface area contributed by atoms with Crippen LogP contribution in [-0.4, -0.2) is 13.2 Å². The normalized spacial score (nSPS) is 14.6. The van der Waals surface area contributed by atoms with Gasteiger partial charge in [-0.25, -0.2) is 0 Å². The van der Waals surface area contributed by atoms with E-state index in [1.165, 1.54) is 11.1 Å². The minimum atomic E-state index is 0.0659. The standard InChI is InChI=1S/C17H17BrClNO/c1-2-20-16(13-5-3-4-6-15(13)18)14-10-12(19)9-11-7-8-21-17(11)14/h3-6,9-10,16,20H,2,7-8H2,1H3. The Morgan fingerprint density at radius 2 is 2.10 bits per heavy atom. The Morgan fingerprint density at radius 1 is 1.29 bits per heavy atom. The van der Waals surface area contributed by atoms with Gasteiger partial charge in [0, 0.05) is 21.5 Å². The molecule has 0 aromatic heterocycles. The van der Waals surface area contributed by atoms with Gasteiger partial charge in [-0.15, -0.1) is 0 Å². The predicted octanol–water partition coefficient (Wildman–Crippen LogP) is 4.74. The summed E-state index contributed by atoms with van der Waals surface area (Å²) < 4.78 is 6.95. The fourth-order valence-corrected chi connectivity index (χ4v) is 3.58. The summed E-state index contributed by atoms with van der Waals surface area (Å²) >= 11 is 9.95. The first-order chi connectivity index (χ1) is 10.2. The molecule has 0 aliphatic carbocycles. The predicted molar refractivity (Wildman–Crippen MR) is 90.3 cm³/mol. The van der Waals surface area contributed by atoms with Crippen LogP contribution >= 0.6 is 27.5 Å². The summed E-state index contributed by atoms with van der Waals surface area (Å²) in [4.78, 5) is 0. The molecule has 1 unspecified atom stereocenters. The molecule has 1 atom stereocenters. The average molecular weight is 367 g/mol. The zero-order valence-electron chi connectivity index (χ0n) is 11.8. The first kappa shape index (κ1) is 14.9. The quantitative estimate of drug-likeness (QED) is 0.844. The molecule has 2 aromatic carbocycles. The molecule has 0 fully saturated rings. The molecule has 1 N–H and O–H groups in total. The molecular weight excluding hydrogens is 350 g/mol. The molecule has 2 nitrogen and oxygen atoms in total. The molecule has 0 amide bonds. The van der Waals surface area contributed by atoms with Crippen molar-refractivity contribution in [1.29, 1.82) is 0 Å². The average Bonchev–Trinajstić information content (AvgIpc) is 2.93. The lowest BCUT2D eigenvalue weighted by Crippen LogP contribution is -2.23. The number of benzene rings is 2. The van der Waals surface area contributed by atoms with Gasteiger partial charge in [0.1, 0.15) is 5.75 Å². The third kappa shape index (κ3) is 2.96. The molecule has 4 heteroatoms. The monoisotopic (exact) mass is 365 g/mol. The fourth-order valence-electron chi connectivity index (χ4n) is 2.81. The van der Waals surface area contributed by atoms with Gasteiger partial charge in [0.25, 0.3) is 0 Å². The van der Waals surface area contributed by atoms with Crippen LogP contribution in [0.25, 0.3) is 0 Å². The van der Waals surface area contributed by atoms with Gasteiger partial charge in [0.2, 0.25) is 0 Å². The van der Waals surface area contributed by atoms with Crippen molar-refractivity contribution in [2.45, 2.75) is 19.4 Å². The first-order valence-electron chi connectivity index (χ1n) is 7.13. The zero-order chi connectivity index (χ0) is 14.8. The number of ether oxygens (including phenoxy) is 1. The van der Waals surface area contributed by atoms with Crippen LogP contribution in [0.2, 0.25) is 5.02 Å². The second kappa shape index (κ2) is 6.39. The topological polar surface area (TPSA) is 21.3 Å². The lowest BCUT2D eigenvalue weighted by atomic mass is 9.95. The smallest absolute Gasteiger partial charge is 0.127 e. The second-order valence-electron chi connectivity index (χ2n) is 5.09. The fraction of sp³-hybridized carbons (Fsp3) is 0.294. The minimum Gasteiger partial charge on any atom is -0.493 e. The summed E-state index contributed by atoms with van der Waals surface area (Å²) in [5, 5.41) is 4.31. The van der Waals surface area contributed by atoms with E-state index in [9.17, 15) is 0 Å². The van der Waals surface area contributed by atoms with Crippen molar-refractivity contribution < 1.29 is 4.74 Å². The van der Waals surface area contributed by atoms with E-state index in [2.05, 4.69) is 46.4 Å². The Bertz CT molecular complexity index is 659.